The molecule has 2 aliphatic heterocycles. The highest BCUT2D eigenvalue weighted by atomic mass is 16.1. The summed E-state index contributed by atoms with van der Waals surface area (Å²) in [5, 5.41) is 6.49. The molecule has 0 aromatic heterocycles. The van der Waals surface area contributed by atoms with E-state index in [9.17, 15) is 4.79 Å². The Morgan fingerprint density at radius 1 is 1.26 bits per heavy atom. The van der Waals surface area contributed by atoms with E-state index in [1.807, 2.05) is 0 Å². The maximum atomic E-state index is 11.3. The molecule has 19 heavy (non-hydrogen) atoms. The van der Waals surface area contributed by atoms with Gasteiger partial charge in [-0.2, -0.15) is 0 Å². The first kappa shape index (κ1) is 14.8. The van der Waals surface area contributed by atoms with E-state index in [2.05, 4.69) is 34.4 Å². The summed E-state index contributed by atoms with van der Waals surface area (Å²) in [7, 11) is 3.91. The van der Waals surface area contributed by atoms with Crippen molar-refractivity contribution >= 4 is 5.91 Å². The van der Waals surface area contributed by atoms with Gasteiger partial charge in [0.2, 0.25) is 5.91 Å². The number of hydrogen-bond acceptors (Lipinski definition) is 4. The lowest BCUT2D eigenvalue weighted by atomic mass is 10.0. The molecule has 5 heteroatoms. The molecule has 2 unspecified atom stereocenters. The number of amides is 1. The lowest BCUT2D eigenvalue weighted by Crippen LogP contribution is -2.48. The number of nitrogens with one attached hydrogen (secondary N) is 2. The summed E-state index contributed by atoms with van der Waals surface area (Å²) in [5.74, 6) is 0.123. The Morgan fingerprint density at radius 3 is 2.47 bits per heavy atom. The van der Waals surface area contributed by atoms with Crippen LogP contribution in [0.25, 0.3) is 0 Å². The Balaban J connectivity index is 1.68. The standard InChI is InChI=1S/C14H28N4O/c1-11-8-13(9-17(11)3)16-12-4-6-18(7-5-12)10-14(19)15-2/h11-13,16H,4-10H2,1-3H3,(H,15,19). The van der Waals surface area contributed by atoms with Crippen molar-refractivity contribution in [2.75, 3.05) is 40.3 Å². The van der Waals surface area contributed by atoms with Crippen molar-refractivity contribution in [3.8, 4) is 0 Å². The van der Waals surface area contributed by atoms with Crippen LogP contribution in [0.2, 0.25) is 0 Å². The Hall–Kier alpha value is -0.650. The fraction of sp³-hybridized carbons (Fsp3) is 0.929. The van der Waals surface area contributed by atoms with Gasteiger partial charge in [0.1, 0.15) is 0 Å². The van der Waals surface area contributed by atoms with Gasteiger partial charge in [-0.15, -0.1) is 0 Å². The van der Waals surface area contributed by atoms with E-state index in [0.717, 1.165) is 25.9 Å². The molecule has 2 heterocycles. The molecule has 0 saturated carbocycles. The number of carbonyl (C=O) groups excluding carboxylic acids is 1. The fourth-order valence-corrected chi connectivity index (χ4v) is 3.19. The minimum Gasteiger partial charge on any atom is -0.358 e. The van der Waals surface area contributed by atoms with Gasteiger partial charge in [0, 0.05) is 44.8 Å². The van der Waals surface area contributed by atoms with Crippen LogP contribution in [0.4, 0.5) is 0 Å². The van der Waals surface area contributed by atoms with Gasteiger partial charge in [0.25, 0.3) is 0 Å². The average molecular weight is 268 g/mol. The van der Waals surface area contributed by atoms with E-state index in [4.69, 9.17) is 0 Å². The third kappa shape index (κ3) is 4.16. The molecule has 1 amide bonds. The van der Waals surface area contributed by atoms with Gasteiger partial charge < -0.3 is 15.5 Å². The number of likely N-dealkylation sites (tertiary alicyclic amines) is 2. The molecule has 0 spiro atoms. The third-order valence-corrected chi connectivity index (χ3v) is 4.59. The molecule has 2 N–H and O–H groups in total. The molecule has 5 nitrogen and oxygen atoms in total. The van der Waals surface area contributed by atoms with Gasteiger partial charge in [-0.25, -0.2) is 0 Å². The van der Waals surface area contributed by atoms with E-state index >= 15 is 0 Å². The van der Waals surface area contributed by atoms with Crippen LogP contribution in [0.5, 0.6) is 0 Å². The minimum absolute atomic E-state index is 0.123. The molecule has 2 atom stereocenters. The van der Waals surface area contributed by atoms with E-state index in [1.54, 1.807) is 7.05 Å². The summed E-state index contributed by atoms with van der Waals surface area (Å²) in [6.45, 7) is 6.08. The van der Waals surface area contributed by atoms with Crippen LogP contribution >= 0.6 is 0 Å². The maximum absolute atomic E-state index is 11.3. The molecule has 0 aromatic carbocycles. The number of piperidine rings is 1. The largest absolute Gasteiger partial charge is 0.358 e. The summed E-state index contributed by atoms with van der Waals surface area (Å²) < 4.78 is 0. The molecule has 2 saturated heterocycles. The van der Waals surface area contributed by atoms with Crippen LogP contribution in [-0.2, 0) is 4.79 Å². The van der Waals surface area contributed by atoms with Crippen molar-refractivity contribution in [2.24, 2.45) is 0 Å². The van der Waals surface area contributed by atoms with E-state index in [1.165, 1.54) is 13.0 Å². The first-order valence-electron chi connectivity index (χ1n) is 7.47. The molecule has 0 aliphatic carbocycles. The second kappa shape index (κ2) is 6.68. The van der Waals surface area contributed by atoms with Crippen molar-refractivity contribution < 1.29 is 4.79 Å². The summed E-state index contributed by atoms with van der Waals surface area (Å²) in [6.07, 6.45) is 3.58. The van der Waals surface area contributed by atoms with Gasteiger partial charge in [0.05, 0.1) is 6.54 Å². The van der Waals surface area contributed by atoms with Crippen LogP contribution in [0, 0.1) is 0 Å². The van der Waals surface area contributed by atoms with E-state index in [-0.39, 0.29) is 5.91 Å². The monoisotopic (exact) mass is 268 g/mol. The SMILES string of the molecule is CNC(=O)CN1CCC(NC2CC(C)N(C)C2)CC1. The average Bonchev–Trinajstić information content (AvgIpc) is 2.70. The van der Waals surface area contributed by atoms with E-state index in [0.29, 0.717) is 24.7 Å². The molecule has 2 fully saturated rings. The second-order valence-electron chi connectivity index (χ2n) is 6.11. The Kier molecular flexibility index (Phi) is 5.19. The van der Waals surface area contributed by atoms with Crippen molar-refractivity contribution in [3.63, 3.8) is 0 Å². The summed E-state index contributed by atoms with van der Waals surface area (Å²) >= 11 is 0. The lowest BCUT2D eigenvalue weighted by molar-refractivity contribution is -0.122. The highest BCUT2D eigenvalue weighted by Gasteiger charge is 2.29. The highest BCUT2D eigenvalue weighted by Crippen LogP contribution is 2.18. The number of likely N-dealkylation sites (N-methyl/N-ethyl adjacent to an activating group) is 2. The maximum Gasteiger partial charge on any atom is 0.233 e. The lowest BCUT2D eigenvalue weighted by Gasteiger charge is -2.33. The normalized spacial score (nSPS) is 30.7. The number of hydrogen-bond donors (Lipinski definition) is 2. The first-order chi connectivity index (χ1) is 9.08. The van der Waals surface area contributed by atoms with Gasteiger partial charge in [-0.05, 0) is 33.2 Å². The Morgan fingerprint density at radius 2 is 1.95 bits per heavy atom. The van der Waals surface area contributed by atoms with Gasteiger partial charge in [-0.3, -0.25) is 9.69 Å². The molecule has 0 radical (unpaired) electrons. The predicted molar refractivity (Wildman–Crippen MR) is 77.2 cm³/mol. The zero-order chi connectivity index (χ0) is 13.8. The number of nitrogens with zero attached hydrogens (tertiary/aromatic N) is 2. The van der Waals surface area contributed by atoms with Gasteiger partial charge in [-0.1, -0.05) is 0 Å². The first-order valence-corrected chi connectivity index (χ1v) is 7.47. The predicted octanol–water partition coefficient (Wildman–Crippen LogP) is -0.121. The number of carbonyl (C=O) groups is 1. The number of rotatable bonds is 4. The quantitative estimate of drug-likeness (QED) is 0.746. The van der Waals surface area contributed by atoms with Crippen LogP contribution in [0.3, 0.4) is 0 Å². The van der Waals surface area contributed by atoms with Crippen LogP contribution in [0.1, 0.15) is 26.2 Å². The van der Waals surface area contributed by atoms with Crippen molar-refractivity contribution in [1.82, 2.24) is 20.4 Å². The Labute approximate surface area is 116 Å². The fourth-order valence-electron chi connectivity index (χ4n) is 3.19. The van der Waals surface area contributed by atoms with Crippen LogP contribution < -0.4 is 10.6 Å². The zero-order valence-electron chi connectivity index (χ0n) is 12.5. The van der Waals surface area contributed by atoms with Gasteiger partial charge in [0.15, 0.2) is 0 Å². The molecule has 2 rings (SSSR count). The summed E-state index contributed by atoms with van der Waals surface area (Å²) in [6, 6.07) is 1.98. The third-order valence-electron chi connectivity index (χ3n) is 4.59. The topological polar surface area (TPSA) is 47.6 Å². The highest BCUT2D eigenvalue weighted by molar-refractivity contribution is 5.77. The molecule has 2 aliphatic rings. The Bertz CT molecular complexity index is 292. The molecule has 110 valence electrons. The molecule has 0 bridgehead atoms. The van der Waals surface area contributed by atoms with E-state index < -0.39 is 0 Å². The van der Waals surface area contributed by atoms with Gasteiger partial charge >= 0.3 is 0 Å². The molecular formula is C14H28N4O. The molecule has 0 aromatic rings. The van der Waals surface area contributed by atoms with Crippen molar-refractivity contribution in [2.45, 2.75) is 44.3 Å². The summed E-state index contributed by atoms with van der Waals surface area (Å²) in [4.78, 5) is 16.0. The van der Waals surface area contributed by atoms with Crippen molar-refractivity contribution in [1.29, 1.82) is 0 Å². The zero-order valence-corrected chi connectivity index (χ0v) is 12.5. The molecular weight excluding hydrogens is 240 g/mol. The van der Waals surface area contributed by atoms with Crippen molar-refractivity contribution in [3.05, 3.63) is 0 Å². The van der Waals surface area contributed by atoms with Crippen LogP contribution in [0.15, 0.2) is 0 Å². The second-order valence-corrected chi connectivity index (χ2v) is 6.11. The smallest absolute Gasteiger partial charge is 0.233 e. The summed E-state index contributed by atoms with van der Waals surface area (Å²) in [5.41, 5.74) is 0. The minimum atomic E-state index is 0.123. The van der Waals surface area contributed by atoms with Crippen LogP contribution in [-0.4, -0.2) is 74.1 Å².